The monoisotopic (exact) mass is 368 g/mol. The molecule has 1 amide bonds. The molecule has 7 heteroatoms. The molecule has 0 saturated carbocycles. The highest BCUT2D eigenvalue weighted by molar-refractivity contribution is 5.94. The molecule has 2 N–H and O–H groups in total. The summed E-state index contributed by atoms with van der Waals surface area (Å²) in [6.07, 6.45) is 7.99. The zero-order valence-corrected chi connectivity index (χ0v) is 16.2. The second-order valence-corrected chi connectivity index (χ2v) is 7.75. The summed E-state index contributed by atoms with van der Waals surface area (Å²) in [4.78, 5) is 21.4. The Morgan fingerprint density at radius 2 is 2.11 bits per heavy atom. The minimum absolute atomic E-state index is 0.0899. The van der Waals surface area contributed by atoms with Crippen LogP contribution in [-0.2, 0) is 12.8 Å². The Labute approximate surface area is 160 Å². The number of anilines is 2. The largest absolute Gasteiger partial charge is 0.381 e. The minimum Gasteiger partial charge on any atom is -0.381 e. The molecule has 1 saturated heterocycles. The molecule has 7 nitrogen and oxygen atoms in total. The fourth-order valence-corrected chi connectivity index (χ4v) is 4.06. The molecule has 0 unspecified atom stereocenters. The van der Waals surface area contributed by atoms with Crippen molar-refractivity contribution in [3.8, 4) is 0 Å². The van der Waals surface area contributed by atoms with Gasteiger partial charge in [0.25, 0.3) is 5.91 Å². The molecule has 27 heavy (non-hydrogen) atoms. The van der Waals surface area contributed by atoms with E-state index in [0.717, 1.165) is 74.4 Å². The number of carbonyl (C=O) groups excluding carboxylic acids is 1. The molecule has 2 aromatic rings. The normalized spacial score (nSPS) is 19.5. The summed E-state index contributed by atoms with van der Waals surface area (Å²) >= 11 is 0. The summed E-state index contributed by atoms with van der Waals surface area (Å²) in [6, 6.07) is 4.45. The van der Waals surface area contributed by atoms with E-state index in [1.807, 2.05) is 36.2 Å². The van der Waals surface area contributed by atoms with Crippen LogP contribution in [0.2, 0.25) is 0 Å². The van der Waals surface area contributed by atoms with E-state index in [4.69, 9.17) is 0 Å². The number of rotatable bonds is 4. The van der Waals surface area contributed by atoms with Crippen LogP contribution in [0.15, 0.2) is 18.3 Å². The molecule has 0 bridgehead atoms. The summed E-state index contributed by atoms with van der Waals surface area (Å²) in [5.74, 6) is 1.04. The maximum absolute atomic E-state index is 12.9. The Morgan fingerprint density at radius 3 is 2.89 bits per heavy atom. The van der Waals surface area contributed by atoms with E-state index >= 15 is 0 Å². The first-order chi connectivity index (χ1) is 13.1. The van der Waals surface area contributed by atoms with E-state index in [2.05, 4.69) is 26.6 Å². The maximum atomic E-state index is 12.9. The Hall–Kier alpha value is -2.57. The van der Waals surface area contributed by atoms with Gasteiger partial charge in [0.2, 0.25) is 0 Å². The van der Waals surface area contributed by atoms with E-state index in [1.165, 1.54) is 0 Å². The van der Waals surface area contributed by atoms with Crippen molar-refractivity contribution in [3.05, 3.63) is 35.3 Å². The Balaban J connectivity index is 1.36. The van der Waals surface area contributed by atoms with Gasteiger partial charge in [0.05, 0.1) is 11.9 Å². The van der Waals surface area contributed by atoms with Gasteiger partial charge in [0, 0.05) is 44.5 Å². The molecule has 0 aromatic carbocycles. The highest BCUT2D eigenvalue weighted by Gasteiger charge is 2.28. The first kappa shape index (κ1) is 17.8. The number of aromatic nitrogens is 3. The number of pyridine rings is 1. The van der Waals surface area contributed by atoms with Crippen LogP contribution in [0.3, 0.4) is 0 Å². The van der Waals surface area contributed by atoms with Gasteiger partial charge in [-0.3, -0.25) is 9.89 Å². The number of aryl methyl sites for hydroxylation is 1. The van der Waals surface area contributed by atoms with E-state index in [1.54, 1.807) is 0 Å². The van der Waals surface area contributed by atoms with Gasteiger partial charge in [0.1, 0.15) is 5.82 Å². The van der Waals surface area contributed by atoms with Crippen molar-refractivity contribution in [3.63, 3.8) is 0 Å². The van der Waals surface area contributed by atoms with E-state index < -0.39 is 0 Å². The number of hydrogen-bond donors (Lipinski definition) is 2. The molecular weight excluding hydrogens is 340 g/mol. The summed E-state index contributed by atoms with van der Waals surface area (Å²) in [6.45, 7) is 1.57. The number of amides is 1. The maximum Gasteiger partial charge on any atom is 0.274 e. The molecule has 1 aliphatic heterocycles. The Morgan fingerprint density at radius 1 is 1.22 bits per heavy atom. The number of nitrogens with one attached hydrogen (secondary N) is 2. The van der Waals surface area contributed by atoms with Crippen LogP contribution in [0.5, 0.6) is 0 Å². The van der Waals surface area contributed by atoms with E-state index in [-0.39, 0.29) is 5.91 Å². The molecule has 0 spiro atoms. The third kappa shape index (κ3) is 3.77. The van der Waals surface area contributed by atoms with Crippen LogP contribution in [0, 0.1) is 0 Å². The fraction of sp³-hybridized carbons (Fsp3) is 0.550. The number of carbonyl (C=O) groups is 1. The highest BCUT2D eigenvalue weighted by Crippen LogP contribution is 2.25. The second-order valence-electron chi connectivity index (χ2n) is 7.75. The number of aromatic amines is 1. The van der Waals surface area contributed by atoms with Gasteiger partial charge >= 0.3 is 0 Å². The molecule has 3 heterocycles. The first-order valence-corrected chi connectivity index (χ1v) is 9.87. The average Bonchev–Trinajstić information content (AvgIpc) is 3.20. The highest BCUT2D eigenvalue weighted by atomic mass is 16.2. The van der Waals surface area contributed by atoms with Gasteiger partial charge in [-0.05, 0) is 50.7 Å². The average molecular weight is 368 g/mol. The van der Waals surface area contributed by atoms with E-state index in [9.17, 15) is 4.79 Å². The van der Waals surface area contributed by atoms with Crippen LogP contribution in [0.25, 0.3) is 0 Å². The predicted molar refractivity (Wildman–Crippen MR) is 106 cm³/mol. The van der Waals surface area contributed by atoms with Crippen LogP contribution in [0.1, 0.15) is 47.4 Å². The SMILES string of the molecule is CN(C)c1ccc(N[C@H]2CCCN(C(=O)c3n[nH]c4c3CCC4)CC2)cn1. The smallest absolute Gasteiger partial charge is 0.274 e. The predicted octanol–water partition coefficient (Wildman–Crippen LogP) is 2.47. The quantitative estimate of drug-likeness (QED) is 0.867. The van der Waals surface area contributed by atoms with Gasteiger partial charge in [-0.1, -0.05) is 0 Å². The molecular formula is C20H28N6O. The standard InChI is InChI=1S/C20H28N6O/c1-25(2)18-9-8-15(13-21-18)22-14-5-4-11-26(12-10-14)20(27)19-16-6-3-7-17(16)23-24-19/h8-9,13-14,22H,3-7,10-12H2,1-2H3,(H,23,24)/t14-/m0/s1. The zero-order chi connectivity index (χ0) is 18.8. The fourth-order valence-electron chi connectivity index (χ4n) is 4.06. The number of hydrogen-bond acceptors (Lipinski definition) is 5. The molecule has 144 valence electrons. The van der Waals surface area contributed by atoms with Gasteiger partial charge in [0.15, 0.2) is 5.69 Å². The molecule has 1 aliphatic carbocycles. The summed E-state index contributed by atoms with van der Waals surface area (Å²) < 4.78 is 0. The van der Waals surface area contributed by atoms with Gasteiger partial charge in [-0.15, -0.1) is 0 Å². The topological polar surface area (TPSA) is 77.1 Å². The summed E-state index contributed by atoms with van der Waals surface area (Å²) in [5.41, 5.74) is 3.99. The number of likely N-dealkylation sites (tertiary alicyclic amines) is 1. The molecule has 0 radical (unpaired) electrons. The van der Waals surface area contributed by atoms with E-state index in [0.29, 0.717) is 11.7 Å². The zero-order valence-electron chi connectivity index (χ0n) is 16.2. The van der Waals surface area contributed by atoms with Crippen molar-refractivity contribution >= 4 is 17.4 Å². The third-order valence-electron chi connectivity index (χ3n) is 5.60. The second kappa shape index (κ2) is 7.58. The first-order valence-electron chi connectivity index (χ1n) is 9.87. The van der Waals surface area contributed by atoms with Crippen molar-refractivity contribution < 1.29 is 4.79 Å². The number of nitrogens with zero attached hydrogens (tertiary/aromatic N) is 4. The van der Waals surface area contributed by atoms with Crippen molar-refractivity contribution in [2.45, 2.75) is 44.6 Å². The number of H-pyrrole nitrogens is 1. The lowest BCUT2D eigenvalue weighted by atomic mass is 10.1. The van der Waals surface area contributed by atoms with Gasteiger partial charge in [-0.2, -0.15) is 5.10 Å². The lowest BCUT2D eigenvalue weighted by Crippen LogP contribution is -2.33. The summed E-state index contributed by atoms with van der Waals surface area (Å²) in [5, 5.41) is 10.9. The van der Waals surface area contributed by atoms with Crippen molar-refractivity contribution in [1.82, 2.24) is 20.1 Å². The summed E-state index contributed by atoms with van der Waals surface area (Å²) in [7, 11) is 3.97. The minimum atomic E-state index is 0.0899. The van der Waals surface area contributed by atoms with Crippen molar-refractivity contribution in [2.75, 3.05) is 37.4 Å². The molecule has 1 fully saturated rings. The van der Waals surface area contributed by atoms with Crippen molar-refractivity contribution in [2.24, 2.45) is 0 Å². The van der Waals surface area contributed by atoms with Crippen LogP contribution >= 0.6 is 0 Å². The van der Waals surface area contributed by atoms with Gasteiger partial charge in [-0.25, -0.2) is 4.98 Å². The van der Waals surface area contributed by atoms with Crippen molar-refractivity contribution in [1.29, 1.82) is 0 Å². The lowest BCUT2D eigenvalue weighted by molar-refractivity contribution is 0.0754. The van der Waals surface area contributed by atoms with Crippen LogP contribution < -0.4 is 10.2 Å². The molecule has 4 rings (SSSR count). The van der Waals surface area contributed by atoms with Crippen LogP contribution in [0.4, 0.5) is 11.5 Å². The third-order valence-corrected chi connectivity index (χ3v) is 5.60. The Bertz CT molecular complexity index is 797. The lowest BCUT2D eigenvalue weighted by Gasteiger charge is -2.21. The number of fused-ring (bicyclic) bond motifs is 1. The molecule has 2 aromatic heterocycles. The molecule has 1 atom stereocenters. The van der Waals surface area contributed by atoms with Gasteiger partial charge < -0.3 is 15.1 Å². The van der Waals surface area contributed by atoms with Crippen LogP contribution in [-0.4, -0.2) is 59.2 Å². The Kier molecular flexibility index (Phi) is 5.01. The molecule has 2 aliphatic rings.